The third kappa shape index (κ3) is 6.70. The zero-order valence-electron chi connectivity index (χ0n) is 18.5. The first-order valence-corrected chi connectivity index (χ1v) is 10.1. The summed E-state index contributed by atoms with van der Waals surface area (Å²) in [5, 5.41) is 5.53. The highest BCUT2D eigenvalue weighted by Gasteiger charge is 2.13. The van der Waals surface area contributed by atoms with E-state index in [-0.39, 0.29) is 24.1 Å². The number of carbonyl (C=O) groups is 2. The van der Waals surface area contributed by atoms with Crippen LogP contribution in [0.4, 0.5) is 4.79 Å². The third-order valence-electron chi connectivity index (χ3n) is 4.75. The number of H-pyrrole nitrogens is 1. The first-order chi connectivity index (χ1) is 14.7. The molecule has 3 N–H and O–H groups in total. The molecule has 1 aromatic heterocycles. The fourth-order valence-electron chi connectivity index (χ4n) is 3.05. The number of amides is 2. The van der Waals surface area contributed by atoms with Crippen LogP contribution < -0.4 is 16.2 Å². The van der Waals surface area contributed by atoms with Gasteiger partial charge in [0.2, 0.25) is 0 Å². The minimum absolute atomic E-state index is 0.144. The second kappa shape index (κ2) is 11.0. The topological polar surface area (TPSA) is 100 Å². The number of pyridine rings is 1. The van der Waals surface area contributed by atoms with Crippen LogP contribution in [0.5, 0.6) is 0 Å². The zero-order chi connectivity index (χ0) is 23.0. The lowest BCUT2D eigenvalue weighted by atomic mass is 10.1. The van der Waals surface area contributed by atoms with Gasteiger partial charge >= 0.3 is 6.09 Å². The van der Waals surface area contributed by atoms with Gasteiger partial charge in [-0.2, -0.15) is 0 Å². The lowest BCUT2D eigenvalue weighted by molar-refractivity contribution is 0.0950. The number of aryl methyl sites for hydroxylation is 2. The van der Waals surface area contributed by atoms with Crippen molar-refractivity contribution in [2.45, 2.75) is 47.2 Å². The molecule has 7 heteroatoms. The van der Waals surface area contributed by atoms with E-state index in [1.807, 2.05) is 33.8 Å². The van der Waals surface area contributed by atoms with Crippen molar-refractivity contribution in [2.75, 3.05) is 0 Å². The molecule has 0 aliphatic carbocycles. The first kappa shape index (κ1) is 23.7. The molecule has 0 saturated carbocycles. The van der Waals surface area contributed by atoms with E-state index in [9.17, 15) is 14.4 Å². The quantitative estimate of drug-likeness (QED) is 0.459. The van der Waals surface area contributed by atoms with Crippen LogP contribution in [0, 0.1) is 13.8 Å². The number of allylic oxidation sites excluding steroid dienone is 3. The molecule has 1 atom stereocenters. The van der Waals surface area contributed by atoms with E-state index < -0.39 is 6.09 Å². The molecule has 0 spiro atoms. The Morgan fingerprint density at radius 3 is 2.42 bits per heavy atom. The predicted molar refractivity (Wildman–Crippen MR) is 121 cm³/mol. The maximum atomic E-state index is 12.5. The number of nitrogens with one attached hydrogen (secondary N) is 3. The summed E-state index contributed by atoms with van der Waals surface area (Å²) < 4.78 is 5.23. The van der Waals surface area contributed by atoms with Gasteiger partial charge in [0.1, 0.15) is 5.76 Å². The molecule has 0 aliphatic rings. The van der Waals surface area contributed by atoms with Crippen LogP contribution in [0.1, 0.15) is 59.6 Å². The number of aromatic nitrogens is 1. The van der Waals surface area contributed by atoms with Crippen molar-refractivity contribution >= 4 is 12.0 Å². The molecule has 7 nitrogen and oxygen atoms in total. The second-order valence-corrected chi connectivity index (χ2v) is 7.19. The van der Waals surface area contributed by atoms with Gasteiger partial charge in [-0.15, -0.1) is 0 Å². The molecule has 2 amide bonds. The molecule has 0 radical (unpaired) electrons. The molecule has 1 unspecified atom stereocenters. The Kier molecular flexibility index (Phi) is 8.37. The van der Waals surface area contributed by atoms with Crippen LogP contribution in [0.25, 0.3) is 0 Å². The smallest absolute Gasteiger partial charge is 0.411 e. The highest BCUT2D eigenvalue weighted by molar-refractivity contribution is 5.94. The fraction of sp³-hybridized carbons (Fsp3) is 0.292. The summed E-state index contributed by atoms with van der Waals surface area (Å²) in [5.41, 5.74) is 3.24. The largest absolute Gasteiger partial charge is 0.413 e. The lowest BCUT2D eigenvalue weighted by Crippen LogP contribution is -2.28. The summed E-state index contributed by atoms with van der Waals surface area (Å²) in [6, 6.07) is 8.46. The van der Waals surface area contributed by atoms with Gasteiger partial charge in [0.05, 0.1) is 6.04 Å². The van der Waals surface area contributed by atoms with Crippen LogP contribution >= 0.6 is 0 Å². The molecule has 0 saturated heterocycles. The van der Waals surface area contributed by atoms with Gasteiger partial charge in [0.25, 0.3) is 11.5 Å². The minimum Gasteiger partial charge on any atom is -0.411 e. The number of carbonyl (C=O) groups excluding carboxylic acids is 2. The number of aromatic amines is 1. The molecular formula is C24H29N3O4. The Balaban J connectivity index is 1.97. The molecule has 2 rings (SSSR count). The van der Waals surface area contributed by atoms with Crippen molar-refractivity contribution in [3.8, 4) is 0 Å². The summed E-state index contributed by atoms with van der Waals surface area (Å²) in [5.74, 6) is 0.178. The Bertz CT molecular complexity index is 1050. The lowest BCUT2D eigenvalue weighted by Gasteiger charge is -2.15. The predicted octanol–water partition coefficient (Wildman–Crippen LogP) is 4.19. The Morgan fingerprint density at radius 2 is 1.84 bits per heavy atom. The number of rotatable bonds is 7. The van der Waals surface area contributed by atoms with E-state index in [0.717, 1.165) is 16.8 Å². The van der Waals surface area contributed by atoms with Gasteiger partial charge < -0.3 is 20.4 Å². The Labute approximate surface area is 182 Å². The number of benzene rings is 1. The van der Waals surface area contributed by atoms with E-state index >= 15 is 0 Å². The summed E-state index contributed by atoms with van der Waals surface area (Å²) in [6.45, 7) is 9.25. The summed E-state index contributed by atoms with van der Waals surface area (Å²) in [4.78, 5) is 39.3. The summed E-state index contributed by atoms with van der Waals surface area (Å²) >= 11 is 0. The standard InChI is InChI=1S/C24H29N3O4/c1-6-8-20(7-2)31-24(30)27-17(5)18-9-11-19(12-10-18)22(28)25-14-21-15(3)13-16(4)26-23(21)29/h6-13,17H,14H2,1-5H3,(H,25,28)(H,26,29)(H,27,30). The molecule has 164 valence electrons. The van der Waals surface area contributed by atoms with Crippen LogP contribution in [-0.2, 0) is 11.3 Å². The maximum Gasteiger partial charge on any atom is 0.413 e. The molecule has 31 heavy (non-hydrogen) atoms. The molecule has 1 heterocycles. The van der Waals surface area contributed by atoms with Gasteiger partial charge in [-0.05, 0) is 76.1 Å². The highest BCUT2D eigenvalue weighted by atomic mass is 16.6. The van der Waals surface area contributed by atoms with Crippen molar-refractivity contribution in [1.82, 2.24) is 15.6 Å². The molecule has 0 aliphatic heterocycles. The van der Waals surface area contributed by atoms with E-state index in [1.165, 1.54) is 0 Å². The van der Waals surface area contributed by atoms with E-state index in [2.05, 4.69) is 15.6 Å². The van der Waals surface area contributed by atoms with E-state index in [0.29, 0.717) is 16.9 Å². The monoisotopic (exact) mass is 423 g/mol. The van der Waals surface area contributed by atoms with Crippen molar-refractivity contribution in [2.24, 2.45) is 0 Å². The van der Waals surface area contributed by atoms with E-state index in [1.54, 1.807) is 49.4 Å². The van der Waals surface area contributed by atoms with Crippen LogP contribution in [0.2, 0.25) is 0 Å². The molecular weight excluding hydrogens is 394 g/mol. The number of ether oxygens (including phenoxy) is 1. The van der Waals surface area contributed by atoms with Crippen molar-refractivity contribution in [3.05, 3.63) is 92.6 Å². The van der Waals surface area contributed by atoms with Gasteiger partial charge in [-0.3, -0.25) is 9.59 Å². The minimum atomic E-state index is -0.556. The summed E-state index contributed by atoms with van der Waals surface area (Å²) in [6.07, 6.45) is 4.62. The molecule has 0 bridgehead atoms. The summed E-state index contributed by atoms with van der Waals surface area (Å²) in [7, 11) is 0. The second-order valence-electron chi connectivity index (χ2n) is 7.19. The maximum absolute atomic E-state index is 12.5. The van der Waals surface area contributed by atoms with Gasteiger partial charge in [0.15, 0.2) is 0 Å². The van der Waals surface area contributed by atoms with Crippen LogP contribution in [0.3, 0.4) is 0 Å². The van der Waals surface area contributed by atoms with Crippen molar-refractivity contribution in [1.29, 1.82) is 0 Å². The Morgan fingerprint density at radius 1 is 1.16 bits per heavy atom. The zero-order valence-corrected chi connectivity index (χ0v) is 18.5. The first-order valence-electron chi connectivity index (χ1n) is 10.1. The van der Waals surface area contributed by atoms with Crippen molar-refractivity contribution < 1.29 is 14.3 Å². The molecule has 1 aromatic carbocycles. The number of alkyl carbamates (subject to hydrolysis) is 1. The Hall–Kier alpha value is -3.61. The van der Waals surface area contributed by atoms with Crippen molar-refractivity contribution in [3.63, 3.8) is 0 Å². The average Bonchev–Trinajstić information content (AvgIpc) is 2.72. The molecule has 2 aromatic rings. The molecule has 0 fully saturated rings. The normalized spacial score (nSPS) is 12.5. The fourth-order valence-corrected chi connectivity index (χ4v) is 3.05. The van der Waals surface area contributed by atoms with E-state index in [4.69, 9.17) is 4.74 Å². The van der Waals surface area contributed by atoms with Crippen LogP contribution in [-0.4, -0.2) is 17.0 Å². The average molecular weight is 424 g/mol. The van der Waals surface area contributed by atoms with Gasteiger partial charge in [-0.1, -0.05) is 18.2 Å². The highest BCUT2D eigenvalue weighted by Crippen LogP contribution is 2.14. The van der Waals surface area contributed by atoms with Gasteiger partial charge in [-0.25, -0.2) is 4.79 Å². The van der Waals surface area contributed by atoms with Gasteiger partial charge in [0, 0.05) is 23.4 Å². The number of hydrogen-bond donors (Lipinski definition) is 3. The third-order valence-corrected chi connectivity index (χ3v) is 4.75. The SMILES string of the molecule is CC=CC(=CC)OC(=O)NC(C)c1ccc(C(=O)NCc2c(C)cc(C)[nH]c2=O)cc1. The van der Waals surface area contributed by atoms with Crippen LogP contribution in [0.15, 0.2) is 59.1 Å². The number of hydrogen-bond acceptors (Lipinski definition) is 4.